The first-order valence-corrected chi connectivity index (χ1v) is 7.55. The van der Waals surface area contributed by atoms with Gasteiger partial charge < -0.3 is 14.6 Å². The van der Waals surface area contributed by atoms with E-state index < -0.39 is 4.92 Å². The van der Waals surface area contributed by atoms with E-state index in [-0.39, 0.29) is 12.3 Å². The maximum Gasteiger partial charge on any atom is 0.292 e. The number of nitro groups is 1. The van der Waals surface area contributed by atoms with Gasteiger partial charge in [-0.25, -0.2) is 0 Å². The first kappa shape index (κ1) is 16.4. The van der Waals surface area contributed by atoms with Gasteiger partial charge >= 0.3 is 0 Å². The van der Waals surface area contributed by atoms with Crippen molar-refractivity contribution >= 4 is 17.1 Å². The molecule has 0 unspecified atom stereocenters. The van der Waals surface area contributed by atoms with Crippen LogP contribution in [0.3, 0.4) is 0 Å². The zero-order chi connectivity index (χ0) is 17.8. The molecular weight excluding hydrogens is 324 g/mol. The SMILES string of the molecule is Cc1ccc(Nc2ccc(OCc3nc(C)no3)cc2)c([N+](=O)[O-])c1. The Labute approximate surface area is 143 Å². The van der Waals surface area contributed by atoms with E-state index in [0.717, 1.165) is 5.56 Å². The second kappa shape index (κ2) is 7.00. The van der Waals surface area contributed by atoms with E-state index in [0.29, 0.717) is 28.8 Å². The van der Waals surface area contributed by atoms with E-state index in [1.165, 1.54) is 6.07 Å². The molecule has 1 aromatic heterocycles. The standard InChI is InChI=1S/C17H16N4O4/c1-11-3-8-15(16(9-11)21(22)23)19-13-4-6-14(7-5-13)24-10-17-18-12(2)20-25-17/h3-9,19H,10H2,1-2H3. The van der Waals surface area contributed by atoms with Gasteiger partial charge in [0.25, 0.3) is 11.6 Å². The highest BCUT2D eigenvalue weighted by molar-refractivity contribution is 5.70. The molecule has 3 rings (SSSR count). The summed E-state index contributed by atoms with van der Waals surface area (Å²) < 4.78 is 10.5. The Morgan fingerprint density at radius 3 is 2.60 bits per heavy atom. The van der Waals surface area contributed by atoms with Gasteiger partial charge in [-0.3, -0.25) is 10.1 Å². The molecule has 1 heterocycles. The van der Waals surface area contributed by atoms with Crippen LogP contribution >= 0.6 is 0 Å². The van der Waals surface area contributed by atoms with Gasteiger partial charge in [0.1, 0.15) is 11.4 Å². The number of benzene rings is 2. The number of ether oxygens (including phenoxy) is 1. The Kier molecular flexibility index (Phi) is 4.60. The zero-order valence-electron chi connectivity index (χ0n) is 13.7. The average Bonchev–Trinajstić information content (AvgIpc) is 3.01. The predicted octanol–water partition coefficient (Wildman–Crippen LogP) is 3.92. The first-order valence-electron chi connectivity index (χ1n) is 7.55. The van der Waals surface area contributed by atoms with Crippen molar-refractivity contribution in [1.82, 2.24) is 10.1 Å². The van der Waals surface area contributed by atoms with Gasteiger partial charge in [-0.15, -0.1) is 0 Å². The summed E-state index contributed by atoms with van der Waals surface area (Å²) in [4.78, 5) is 14.8. The molecule has 0 radical (unpaired) electrons. The zero-order valence-corrected chi connectivity index (χ0v) is 13.7. The quantitative estimate of drug-likeness (QED) is 0.536. The summed E-state index contributed by atoms with van der Waals surface area (Å²) in [5.41, 5.74) is 2.02. The van der Waals surface area contributed by atoms with Crippen molar-refractivity contribution in [3.8, 4) is 5.75 Å². The van der Waals surface area contributed by atoms with Crippen LogP contribution in [0.15, 0.2) is 47.0 Å². The van der Waals surface area contributed by atoms with Crippen LogP contribution in [-0.4, -0.2) is 15.1 Å². The second-order valence-electron chi connectivity index (χ2n) is 5.45. The molecule has 128 valence electrons. The Balaban J connectivity index is 1.67. The third-order valence-corrected chi connectivity index (χ3v) is 3.42. The Bertz CT molecular complexity index is 890. The van der Waals surface area contributed by atoms with E-state index in [4.69, 9.17) is 9.26 Å². The number of nitro benzene ring substituents is 1. The molecule has 2 aromatic carbocycles. The van der Waals surface area contributed by atoms with Crippen LogP contribution in [0.4, 0.5) is 17.1 Å². The Morgan fingerprint density at radius 2 is 1.96 bits per heavy atom. The molecule has 3 aromatic rings. The molecule has 0 aliphatic carbocycles. The molecule has 0 saturated carbocycles. The van der Waals surface area contributed by atoms with Crippen molar-refractivity contribution in [2.24, 2.45) is 0 Å². The van der Waals surface area contributed by atoms with E-state index in [2.05, 4.69) is 15.5 Å². The molecule has 0 saturated heterocycles. The lowest BCUT2D eigenvalue weighted by Crippen LogP contribution is -1.98. The topological polar surface area (TPSA) is 103 Å². The first-order chi connectivity index (χ1) is 12.0. The number of hydrogen-bond donors (Lipinski definition) is 1. The summed E-state index contributed by atoms with van der Waals surface area (Å²) in [6.45, 7) is 3.72. The van der Waals surface area contributed by atoms with Gasteiger partial charge in [0, 0.05) is 11.8 Å². The summed E-state index contributed by atoms with van der Waals surface area (Å²) in [7, 11) is 0. The molecule has 0 spiro atoms. The molecule has 0 bridgehead atoms. The highest BCUT2D eigenvalue weighted by Gasteiger charge is 2.13. The molecule has 0 atom stereocenters. The van der Waals surface area contributed by atoms with Crippen molar-refractivity contribution in [3.05, 3.63) is 69.9 Å². The predicted molar refractivity (Wildman–Crippen MR) is 90.9 cm³/mol. The van der Waals surface area contributed by atoms with E-state index in [1.807, 2.05) is 13.0 Å². The minimum absolute atomic E-state index is 0.0343. The molecule has 1 N–H and O–H groups in total. The fourth-order valence-corrected chi connectivity index (χ4v) is 2.23. The summed E-state index contributed by atoms with van der Waals surface area (Å²) in [5, 5.41) is 17.9. The van der Waals surface area contributed by atoms with Crippen molar-refractivity contribution < 1.29 is 14.2 Å². The highest BCUT2D eigenvalue weighted by Crippen LogP contribution is 2.29. The lowest BCUT2D eigenvalue weighted by Gasteiger charge is -2.09. The van der Waals surface area contributed by atoms with Crippen LogP contribution in [0.2, 0.25) is 0 Å². The largest absolute Gasteiger partial charge is 0.484 e. The smallest absolute Gasteiger partial charge is 0.292 e. The van der Waals surface area contributed by atoms with Crippen LogP contribution in [0.5, 0.6) is 5.75 Å². The minimum Gasteiger partial charge on any atom is -0.484 e. The Hall–Kier alpha value is -3.42. The van der Waals surface area contributed by atoms with Crippen LogP contribution in [-0.2, 0) is 6.61 Å². The Morgan fingerprint density at radius 1 is 1.20 bits per heavy atom. The fourth-order valence-electron chi connectivity index (χ4n) is 2.23. The lowest BCUT2D eigenvalue weighted by atomic mass is 10.2. The number of nitrogens with zero attached hydrogens (tertiary/aromatic N) is 3. The van der Waals surface area contributed by atoms with Crippen molar-refractivity contribution in [2.75, 3.05) is 5.32 Å². The second-order valence-corrected chi connectivity index (χ2v) is 5.45. The highest BCUT2D eigenvalue weighted by atomic mass is 16.6. The summed E-state index contributed by atoms with van der Waals surface area (Å²) in [6, 6.07) is 12.1. The molecule has 8 heteroatoms. The molecule has 0 amide bonds. The van der Waals surface area contributed by atoms with Crippen LogP contribution in [0.1, 0.15) is 17.3 Å². The van der Waals surface area contributed by atoms with Crippen molar-refractivity contribution in [1.29, 1.82) is 0 Å². The van der Waals surface area contributed by atoms with Gasteiger partial charge in [-0.1, -0.05) is 11.2 Å². The number of anilines is 2. The van der Waals surface area contributed by atoms with Gasteiger partial charge in [-0.05, 0) is 49.7 Å². The normalized spacial score (nSPS) is 10.5. The molecule has 25 heavy (non-hydrogen) atoms. The van der Waals surface area contributed by atoms with Gasteiger partial charge in [0.2, 0.25) is 0 Å². The van der Waals surface area contributed by atoms with E-state index in [1.54, 1.807) is 37.3 Å². The number of nitrogens with one attached hydrogen (secondary N) is 1. The molecule has 8 nitrogen and oxygen atoms in total. The average molecular weight is 340 g/mol. The van der Waals surface area contributed by atoms with E-state index >= 15 is 0 Å². The monoisotopic (exact) mass is 340 g/mol. The summed E-state index contributed by atoms with van der Waals surface area (Å²) in [5.74, 6) is 1.58. The third-order valence-electron chi connectivity index (χ3n) is 3.42. The lowest BCUT2D eigenvalue weighted by molar-refractivity contribution is -0.384. The van der Waals surface area contributed by atoms with Gasteiger partial charge in [0.15, 0.2) is 12.4 Å². The molecule has 0 fully saturated rings. The number of aryl methyl sites for hydroxylation is 2. The summed E-state index contributed by atoms with van der Waals surface area (Å²) >= 11 is 0. The third kappa shape index (κ3) is 4.11. The summed E-state index contributed by atoms with van der Waals surface area (Å²) in [6.07, 6.45) is 0. The number of aromatic nitrogens is 2. The maximum absolute atomic E-state index is 11.2. The van der Waals surface area contributed by atoms with E-state index in [9.17, 15) is 10.1 Å². The van der Waals surface area contributed by atoms with Crippen LogP contribution < -0.4 is 10.1 Å². The molecule has 0 aliphatic rings. The van der Waals surface area contributed by atoms with Gasteiger partial charge in [0.05, 0.1) is 4.92 Å². The number of hydrogen-bond acceptors (Lipinski definition) is 7. The number of rotatable bonds is 6. The van der Waals surface area contributed by atoms with Crippen LogP contribution in [0, 0.1) is 24.0 Å². The van der Waals surface area contributed by atoms with Crippen molar-refractivity contribution in [3.63, 3.8) is 0 Å². The van der Waals surface area contributed by atoms with Gasteiger partial charge in [-0.2, -0.15) is 4.98 Å². The fraction of sp³-hybridized carbons (Fsp3) is 0.176. The van der Waals surface area contributed by atoms with Crippen molar-refractivity contribution in [2.45, 2.75) is 20.5 Å². The van der Waals surface area contributed by atoms with Crippen LogP contribution in [0.25, 0.3) is 0 Å². The molecule has 0 aliphatic heterocycles. The maximum atomic E-state index is 11.2. The molecular formula is C17H16N4O4. The minimum atomic E-state index is -0.404.